The average molecular weight is 322 g/mol. The van der Waals surface area contributed by atoms with Crippen molar-refractivity contribution in [1.82, 2.24) is 24.9 Å². The van der Waals surface area contributed by atoms with E-state index in [9.17, 15) is 0 Å². The van der Waals surface area contributed by atoms with Crippen molar-refractivity contribution in [3.8, 4) is 10.8 Å². The molecule has 6 nitrogen and oxygen atoms in total. The minimum Gasteiger partial charge on any atom is -0.370 e. The third kappa shape index (κ3) is 3.04. The van der Waals surface area contributed by atoms with Crippen LogP contribution in [0.1, 0.15) is 5.69 Å². The molecule has 0 amide bonds. The number of anilines is 1. The molecule has 0 aliphatic rings. The Balaban J connectivity index is 1.38. The van der Waals surface area contributed by atoms with E-state index in [4.69, 9.17) is 0 Å². The summed E-state index contributed by atoms with van der Waals surface area (Å²) in [5, 5.41) is 7.34. The van der Waals surface area contributed by atoms with Gasteiger partial charge in [0.15, 0.2) is 10.8 Å². The molecule has 0 spiro atoms. The monoisotopic (exact) mass is 322 g/mol. The third-order valence-corrected chi connectivity index (χ3v) is 4.29. The molecule has 0 radical (unpaired) electrons. The largest absolute Gasteiger partial charge is 0.370 e. The van der Waals surface area contributed by atoms with E-state index in [-0.39, 0.29) is 0 Å². The lowest BCUT2D eigenvalue weighted by atomic mass is 10.3. The fourth-order valence-electron chi connectivity index (χ4n) is 2.28. The van der Waals surface area contributed by atoms with Crippen LogP contribution in [-0.4, -0.2) is 31.5 Å². The second-order valence-electron chi connectivity index (χ2n) is 5.01. The Morgan fingerprint density at radius 3 is 2.91 bits per heavy atom. The summed E-state index contributed by atoms with van der Waals surface area (Å²) in [6.07, 6.45) is 6.18. The summed E-state index contributed by atoms with van der Waals surface area (Å²) in [5.41, 5.74) is 1.93. The van der Waals surface area contributed by atoms with Crippen molar-refractivity contribution in [1.29, 1.82) is 0 Å². The summed E-state index contributed by atoms with van der Waals surface area (Å²) in [5.74, 6) is 1.54. The summed E-state index contributed by atoms with van der Waals surface area (Å²) in [6, 6.07) is 7.85. The fraction of sp³-hybridized carbons (Fsp3) is 0.125. The topological polar surface area (TPSA) is 79.4 Å². The Kier molecular flexibility index (Phi) is 3.69. The van der Waals surface area contributed by atoms with E-state index in [1.807, 2.05) is 18.3 Å². The highest BCUT2D eigenvalue weighted by molar-refractivity contribution is 7.13. The minimum absolute atomic E-state index is 0.676. The van der Waals surface area contributed by atoms with Crippen LogP contribution in [0.3, 0.4) is 0 Å². The summed E-state index contributed by atoms with van der Waals surface area (Å²) in [6.45, 7) is 0.776. The second-order valence-corrected chi connectivity index (χ2v) is 5.86. The van der Waals surface area contributed by atoms with Crippen molar-refractivity contribution >= 4 is 28.2 Å². The highest BCUT2D eigenvalue weighted by Crippen LogP contribution is 2.20. The molecule has 0 unspecified atom stereocenters. The molecule has 4 aromatic heterocycles. The van der Waals surface area contributed by atoms with Crippen LogP contribution in [0.15, 0.2) is 48.2 Å². The van der Waals surface area contributed by atoms with Crippen molar-refractivity contribution in [2.24, 2.45) is 0 Å². The van der Waals surface area contributed by atoms with E-state index in [1.165, 1.54) is 0 Å². The predicted molar refractivity (Wildman–Crippen MR) is 91.4 cm³/mol. The van der Waals surface area contributed by atoms with Gasteiger partial charge in [-0.25, -0.2) is 19.9 Å². The van der Waals surface area contributed by atoms with Gasteiger partial charge in [-0.3, -0.25) is 0 Å². The third-order valence-electron chi connectivity index (χ3n) is 3.41. The van der Waals surface area contributed by atoms with E-state index in [0.29, 0.717) is 5.82 Å². The maximum Gasteiger partial charge on any atom is 0.188 e. The molecule has 23 heavy (non-hydrogen) atoms. The molecule has 0 aromatic carbocycles. The lowest BCUT2D eigenvalue weighted by Crippen LogP contribution is -2.06. The number of nitrogens with zero attached hydrogens (tertiary/aromatic N) is 4. The molecule has 0 aliphatic carbocycles. The standard InChI is InChI=1S/C16H14N6S/c1-6-18-15(19-7-1)16-21-12(10-23-16)5-9-17-13-3-2-11-4-8-20-14(11)22-13/h1-4,6-8,10H,5,9H2,(H2,17,20,22). The highest BCUT2D eigenvalue weighted by atomic mass is 32.1. The van der Waals surface area contributed by atoms with Gasteiger partial charge in [0.05, 0.1) is 5.69 Å². The first-order chi connectivity index (χ1) is 11.4. The Morgan fingerprint density at radius 1 is 1.09 bits per heavy atom. The second kappa shape index (κ2) is 6.13. The van der Waals surface area contributed by atoms with Crippen LogP contribution >= 0.6 is 11.3 Å². The van der Waals surface area contributed by atoms with Gasteiger partial charge >= 0.3 is 0 Å². The molecule has 4 rings (SSSR count). The quantitative estimate of drug-likeness (QED) is 0.590. The molecule has 114 valence electrons. The number of hydrogen-bond donors (Lipinski definition) is 2. The Labute approximate surface area is 136 Å². The van der Waals surface area contributed by atoms with Gasteiger partial charge < -0.3 is 10.3 Å². The first-order valence-electron chi connectivity index (χ1n) is 7.28. The van der Waals surface area contributed by atoms with Gasteiger partial charge in [-0.1, -0.05) is 0 Å². The number of aromatic nitrogens is 5. The van der Waals surface area contributed by atoms with Crippen molar-refractivity contribution < 1.29 is 0 Å². The van der Waals surface area contributed by atoms with Crippen molar-refractivity contribution in [2.45, 2.75) is 6.42 Å². The zero-order valence-electron chi connectivity index (χ0n) is 12.2. The zero-order valence-corrected chi connectivity index (χ0v) is 13.0. The van der Waals surface area contributed by atoms with Crippen LogP contribution < -0.4 is 5.32 Å². The minimum atomic E-state index is 0.676. The number of nitrogens with one attached hydrogen (secondary N) is 2. The number of aromatic amines is 1. The molecule has 0 saturated carbocycles. The van der Waals surface area contributed by atoms with Gasteiger partial charge in [0.2, 0.25) is 0 Å². The number of fused-ring (bicyclic) bond motifs is 1. The van der Waals surface area contributed by atoms with Crippen molar-refractivity contribution in [3.63, 3.8) is 0 Å². The van der Waals surface area contributed by atoms with Gasteiger partial charge in [-0.2, -0.15) is 0 Å². The molecule has 0 saturated heterocycles. The van der Waals surface area contributed by atoms with E-state index in [2.05, 4.69) is 41.7 Å². The van der Waals surface area contributed by atoms with E-state index in [0.717, 1.165) is 40.5 Å². The summed E-state index contributed by atoms with van der Waals surface area (Å²) < 4.78 is 0. The van der Waals surface area contributed by atoms with E-state index in [1.54, 1.807) is 29.8 Å². The van der Waals surface area contributed by atoms with Crippen LogP contribution in [0.25, 0.3) is 21.9 Å². The average Bonchev–Trinajstić information content (AvgIpc) is 3.24. The lowest BCUT2D eigenvalue weighted by Gasteiger charge is -2.04. The van der Waals surface area contributed by atoms with Crippen molar-refractivity contribution in [2.75, 3.05) is 11.9 Å². The molecule has 4 aromatic rings. The van der Waals surface area contributed by atoms with Gasteiger partial charge in [0.1, 0.15) is 11.5 Å². The fourth-order valence-corrected chi connectivity index (χ4v) is 3.08. The number of hydrogen-bond acceptors (Lipinski definition) is 6. The first-order valence-corrected chi connectivity index (χ1v) is 8.16. The summed E-state index contributed by atoms with van der Waals surface area (Å²) in [7, 11) is 0. The van der Waals surface area contributed by atoms with Gasteiger partial charge in [0.25, 0.3) is 0 Å². The molecular formula is C16H14N6S. The van der Waals surface area contributed by atoms with Crippen LogP contribution in [0.2, 0.25) is 0 Å². The molecule has 4 heterocycles. The summed E-state index contributed by atoms with van der Waals surface area (Å²) >= 11 is 1.57. The van der Waals surface area contributed by atoms with Crippen LogP contribution in [0.4, 0.5) is 5.82 Å². The number of thiazole rings is 1. The molecule has 0 fully saturated rings. The zero-order chi connectivity index (χ0) is 15.5. The van der Waals surface area contributed by atoms with Crippen molar-refractivity contribution in [3.05, 3.63) is 53.9 Å². The predicted octanol–water partition coefficient (Wildman–Crippen LogP) is 3.13. The molecule has 0 bridgehead atoms. The SMILES string of the molecule is c1cnc(-c2nc(CCNc3ccc4cc[nH]c4n3)cs2)nc1. The summed E-state index contributed by atoms with van der Waals surface area (Å²) in [4.78, 5) is 20.7. The smallest absolute Gasteiger partial charge is 0.188 e. The lowest BCUT2D eigenvalue weighted by molar-refractivity contribution is 0.968. The van der Waals surface area contributed by atoms with Gasteiger partial charge in [-0.15, -0.1) is 11.3 Å². The maximum atomic E-state index is 4.58. The van der Waals surface area contributed by atoms with E-state index >= 15 is 0 Å². The van der Waals surface area contributed by atoms with E-state index < -0.39 is 0 Å². The Morgan fingerprint density at radius 2 is 2.00 bits per heavy atom. The molecular weight excluding hydrogens is 308 g/mol. The molecule has 7 heteroatoms. The molecule has 0 aliphatic heterocycles. The molecule has 0 atom stereocenters. The van der Waals surface area contributed by atoms with Crippen LogP contribution in [0.5, 0.6) is 0 Å². The maximum absolute atomic E-state index is 4.58. The van der Waals surface area contributed by atoms with Crippen LogP contribution in [-0.2, 0) is 6.42 Å². The van der Waals surface area contributed by atoms with Gasteiger partial charge in [-0.05, 0) is 24.3 Å². The normalized spacial score (nSPS) is 11.0. The van der Waals surface area contributed by atoms with Crippen LogP contribution in [0, 0.1) is 0 Å². The first kappa shape index (κ1) is 13.8. The van der Waals surface area contributed by atoms with Gasteiger partial charge in [0, 0.05) is 42.3 Å². The number of rotatable bonds is 5. The molecule has 2 N–H and O–H groups in total. The number of pyridine rings is 1. The Bertz CT molecular complexity index is 914. The highest BCUT2D eigenvalue weighted by Gasteiger charge is 2.06. The Hall–Kier alpha value is -2.80. The number of H-pyrrole nitrogens is 1.